The number of aromatic nitrogens is 1. The van der Waals surface area contributed by atoms with Crippen molar-refractivity contribution in [3.63, 3.8) is 0 Å². The molecule has 0 bridgehead atoms. The summed E-state index contributed by atoms with van der Waals surface area (Å²) in [5.74, 6) is -0.0208. The number of nitrogens with zero attached hydrogens (tertiary/aromatic N) is 1. The highest BCUT2D eigenvalue weighted by Crippen LogP contribution is 2.19. The van der Waals surface area contributed by atoms with Gasteiger partial charge in [-0.1, -0.05) is 11.6 Å². The van der Waals surface area contributed by atoms with E-state index < -0.39 is 0 Å². The molecule has 1 heterocycles. The van der Waals surface area contributed by atoms with E-state index >= 15 is 0 Å². The second kappa shape index (κ2) is 7.40. The Labute approximate surface area is 118 Å². The van der Waals surface area contributed by atoms with Gasteiger partial charge >= 0.3 is 0 Å². The Hall–Kier alpha value is -1.20. The van der Waals surface area contributed by atoms with Crippen molar-refractivity contribution in [3.8, 4) is 0 Å². The number of anilines is 1. The van der Waals surface area contributed by atoms with Crippen molar-refractivity contribution in [2.45, 2.75) is 45.1 Å². The molecule has 1 atom stereocenters. The number of amides is 1. The highest BCUT2D eigenvalue weighted by molar-refractivity contribution is 7.13. The number of allylic oxidation sites excluding steroid dienone is 1. The summed E-state index contributed by atoms with van der Waals surface area (Å²) in [6.45, 7) is 2.75. The van der Waals surface area contributed by atoms with Crippen molar-refractivity contribution >= 4 is 22.4 Å². The number of hydrogen-bond acceptors (Lipinski definition) is 4. The van der Waals surface area contributed by atoms with Crippen molar-refractivity contribution in [2.75, 3.05) is 11.9 Å². The van der Waals surface area contributed by atoms with Gasteiger partial charge in [0.2, 0.25) is 5.91 Å². The van der Waals surface area contributed by atoms with Crippen LogP contribution in [0, 0.1) is 0 Å². The van der Waals surface area contributed by atoms with Crippen LogP contribution in [0.3, 0.4) is 0 Å². The third kappa shape index (κ3) is 4.76. The van der Waals surface area contributed by atoms with Crippen LogP contribution >= 0.6 is 11.3 Å². The van der Waals surface area contributed by atoms with E-state index in [1.807, 2.05) is 12.3 Å². The van der Waals surface area contributed by atoms with Gasteiger partial charge in [-0.2, -0.15) is 0 Å². The van der Waals surface area contributed by atoms with Crippen molar-refractivity contribution in [3.05, 3.63) is 23.2 Å². The van der Waals surface area contributed by atoms with Crippen LogP contribution in [0.5, 0.6) is 0 Å². The van der Waals surface area contributed by atoms with Gasteiger partial charge in [0, 0.05) is 11.6 Å². The molecule has 0 saturated carbocycles. The molecule has 1 aliphatic rings. The topological polar surface area (TPSA) is 54.0 Å². The van der Waals surface area contributed by atoms with Crippen LogP contribution in [0.2, 0.25) is 0 Å². The maximum atomic E-state index is 11.9. The number of carbonyl (C=O) groups is 1. The molecule has 1 amide bonds. The Morgan fingerprint density at radius 2 is 2.42 bits per heavy atom. The molecular weight excluding hydrogens is 258 g/mol. The van der Waals surface area contributed by atoms with Gasteiger partial charge in [0.1, 0.15) is 0 Å². The molecule has 2 N–H and O–H groups in total. The summed E-state index contributed by atoms with van der Waals surface area (Å²) in [6, 6.07) is -0.187. The first-order chi connectivity index (χ1) is 9.25. The van der Waals surface area contributed by atoms with Gasteiger partial charge < -0.3 is 10.6 Å². The highest BCUT2D eigenvalue weighted by Gasteiger charge is 2.13. The predicted molar refractivity (Wildman–Crippen MR) is 79.4 cm³/mol. The first-order valence-corrected chi connectivity index (χ1v) is 7.75. The fourth-order valence-corrected chi connectivity index (χ4v) is 2.70. The first-order valence-electron chi connectivity index (χ1n) is 6.87. The Kier molecular flexibility index (Phi) is 5.54. The predicted octanol–water partition coefficient (Wildman–Crippen LogP) is 2.95. The van der Waals surface area contributed by atoms with E-state index in [9.17, 15) is 4.79 Å². The minimum atomic E-state index is -0.187. The summed E-state index contributed by atoms with van der Waals surface area (Å²) >= 11 is 1.44. The Bertz CT molecular complexity index is 428. The van der Waals surface area contributed by atoms with Crippen LogP contribution < -0.4 is 10.6 Å². The number of thiazole rings is 1. The maximum Gasteiger partial charge on any atom is 0.243 e. The molecule has 19 heavy (non-hydrogen) atoms. The van der Waals surface area contributed by atoms with Crippen molar-refractivity contribution in [1.82, 2.24) is 10.3 Å². The van der Waals surface area contributed by atoms with E-state index in [-0.39, 0.29) is 11.9 Å². The maximum absolute atomic E-state index is 11.9. The monoisotopic (exact) mass is 279 g/mol. The second-order valence-corrected chi connectivity index (χ2v) is 5.76. The van der Waals surface area contributed by atoms with Crippen LogP contribution in [0.4, 0.5) is 5.13 Å². The zero-order valence-corrected chi connectivity index (χ0v) is 12.1. The summed E-state index contributed by atoms with van der Waals surface area (Å²) in [5.41, 5.74) is 1.53. The molecular formula is C14H21N3OS. The zero-order chi connectivity index (χ0) is 13.5. The Balaban J connectivity index is 1.67. The second-order valence-electron chi connectivity index (χ2n) is 4.86. The lowest BCUT2D eigenvalue weighted by atomic mass is 9.97. The summed E-state index contributed by atoms with van der Waals surface area (Å²) in [6.07, 6.45) is 10.2. The molecule has 0 saturated heterocycles. The van der Waals surface area contributed by atoms with Gasteiger partial charge in [-0.15, -0.1) is 11.3 Å². The lowest BCUT2D eigenvalue weighted by Gasteiger charge is -2.15. The third-order valence-electron chi connectivity index (χ3n) is 3.34. The molecule has 1 aromatic rings. The summed E-state index contributed by atoms with van der Waals surface area (Å²) in [4.78, 5) is 15.9. The molecule has 5 heteroatoms. The van der Waals surface area contributed by atoms with E-state index in [0.717, 1.165) is 13.0 Å². The molecule has 0 unspecified atom stereocenters. The fraction of sp³-hybridized carbons (Fsp3) is 0.571. The van der Waals surface area contributed by atoms with E-state index in [1.54, 1.807) is 6.20 Å². The van der Waals surface area contributed by atoms with Crippen LogP contribution in [-0.4, -0.2) is 23.5 Å². The number of nitrogens with one attached hydrogen (secondary N) is 2. The van der Waals surface area contributed by atoms with Crippen molar-refractivity contribution in [2.24, 2.45) is 0 Å². The van der Waals surface area contributed by atoms with Gasteiger partial charge in [-0.05, 0) is 45.6 Å². The smallest absolute Gasteiger partial charge is 0.243 e. The lowest BCUT2D eigenvalue weighted by molar-refractivity contribution is -0.117. The quantitative estimate of drug-likeness (QED) is 0.787. The van der Waals surface area contributed by atoms with Crippen LogP contribution in [0.1, 0.15) is 39.0 Å². The summed E-state index contributed by atoms with van der Waals surface area (Å²) in [7, 11) is 0. The van der Waals surface area contributed by atoms with Crippen molar-refractivity contribution < 1.29 is 4.79 Å². The van der Waals surface area contributed by atoms with Crippen LogP contribution in [-0.2, 0) is 4.79 Å². The average molecular weight is 279 g/mol. The number of hydrogen-bond donors (Lipinski definition) is 2. The van der Waals surface area contributed by atoms with E-state index in [1.165, 1.54) is 42.6 Å². The normalized spacial score (nSPS) is 16.8. The standard InChI is InChI=1S/C14H21N3OS/c1-11(13(18)17-14-16-9-10-19-14)15-8-7-12-5-3-2-4-6-12/h5,9-11,15H,2-4,6-8H2,1H3,(H,16,17,18)/t11-/m0/s1. The minimum Gasteiger partial charge on any atom is -0.306 e. The molecule has 0 aliphatic heterocycles. The Morgan fingerprint density at radius 1 is 1.53 bits per heavy atom. The first kappa shape index (κ1) is 14.2. The minimum absolute atomic E-state index is 0.0208. The molecule has 0 fully saturated rings. The van der Waals surface area contributed by atoms with E-state index in [2.05, 4.69) is 21.7 Å². The van der Waals surface area contributed by atoms with E-state index in [0.29, 0.717) is 5.13 Å². The summed E-state index contributed by atoms with van der Waals surface area (Å²) < 4.78 is 0. The molecule has 1 aliphatic carbocycles. The third-order valence-corrected chi connectivity index (χ3v) is 4.03. The average Bonchev–Trinajstić information content (AvgIpc) is 2.92. The molecule has 1 aromatic heterocycles. The number of carbonyl (C=O) groups excluding carboxylic acids is 1. The fourth-order valence-electron chi connectivity index (χ4n) is 2.17. The van der Waals surface area contributed by atoms with Gasteiger partial charge in [-0.3, -0.25) is 4.79 Å². The van der Waals surface area contributed by atoms with Gasteiger partial charge in [0.15, 0.2) is 5.13 Å². The van der Waals surface area contributed by atoms with Crippen LogP contribution in [0.25, 0.3) is 0 Å². The molecule has 104 valence electrons. The molecule has 0 spiro atoms. The van der Waals surface area contributed by atoms with Crippen LogP contribution in [0.15, 0.2) is 23.2 Å². The highest BCUT2D eigenvalue weighted by atomic mass is 32.1. The largest absolute Gasteiger partial charge is 0.306 e. The zero-order valence-electron chi connectivity index (χ0n) is 11.3. The molecule has 0 radical (unpaired) electrons. The van der Waals surface area contributed by atoms with Gasteiger partial charge in [0.05, 0.1) is 6.04 Å². The lowest BCUT2D eigenvalue weighted by Crippen LogP contribution is -2.38. The van der Waals surface area contributed by atoms with E-state index in [4.69, 9.17) is 0 Å². The number of rotatable bonds is 6. The van der Waals surface area contributed by atoms with Gasteiger partial charge in [-0.25, -0.2) is 4.98 Å². The van der Waals surface area contributed by atoms with Gasteiger partial charge in [0.25, 0.3) is 0 Å². The molecule has 4 nitrogen and oxygen atoms in total. The molecule has 2 rings (SSSR count). The Morgan fingerprint density at radius 3 is 3.11 bits per heavy atom. The molecule has 0 aromatic carbocycles. The van der Waals surface area contributed by atoms with Crippen molar-refractivity contribution in [1.29, 1.82) is 0 Å². The SMILES string of the molecule is C[C@H](NCCC1=CCCCC1)C(=O)Nc1nccs1. The summed E-state index contributed by atoms with van der Waals surface area (Å²) in [5, 5.41) is 8.58.